The summed E-state index contributed by atoms with van der Waals surface area (Å²) in [6.07, 6.45) is 3.79. The summed E-state index contributed by atoms with van der Waals surface area (Å²) < 4.78 is 11.3. The number of halogens is 1. The molecule has 2 aliphatic heterocycles. The minimum Gasteiger partial charge on any atom is -0.507 e. The fourth-order valence-corrected chi connectivity index (χ4v) is 4.45. The van der Waals surface area contributed by atoms with Crippen LogP contribution in [0.25, 0.3) is 11.3 Å². The van der Waals surface area contributed by atoms with E-state index in [1.54, 1.807) is 12.3 Å². The van der Waals surface area contributed by atoms with Gasteiger partial charge in [0.1, 0.15) is 11.5 Å². The lowest BCUT2D eigenvalue weighted by atomic mass is 10.0. The Kier molecular flexibility index (Phi) is 5.37. The smallest absolute Gasteiger partial charge is 0.231 e. The number of H-pyrrole nitrogens is 1. The van der Waals surface area contributed by atoms with Gasteiger partial charge in [0.05, 0.1) is 22.1 Å². The van der Waals surface area contributed by atoms with Crippen molar-refractivity contribution in [3.63, 3.8) is 0 Å². The van der Waals surface area contributed by atoms with E-state index in [-0.39, 0.29) is 11.5 Å². The van der Waals surface area contributed by atoms with E-state index in [4.69, 9.17) is 9.47 Å². The van der Waals surface area contributed by atoms with Crippen LogP contribution in [0, 0.1) is 0 Å². The number of aromatic amines is 1. The summed E-state index contributed by atoms with van der Waals surface area (Å²) in [5.41, 5.74) is 3.46. The summed E-state index contributed by atoms with van der Waals surface area (Å²) >= 11 is 3.32. The lowest BCUT2D eigenvalue weighted by Gasteiger charge is -2.34. The average molecular weight is 487 g/mol. The molecule has 2 aromatic carbocycles. The Balaban J connectivity index is 1.22. The maximum atomic E-state index is 10.3. The Morgan fingerprint density at radius 3 is 2.74 bits per heavy atom. The fourth-order valence-electron chi connectivity index (χ4n) is 4.11. The number of nitrogens with one attached hydrogen (secondary N) is 2. The molecule has 0 bridgehead atoms. The van der Waals surface area contributed by atoms with Crippen molar-refractivity contribution in [3.8, 4) is 34.3 Å². The van der Waals surface area contributed by atoms with Crippen molar-refractivity contribution in [2.45, 2.75) is 25.4 Å². The summed E-state index contributed by atoms with van der Waals surface area (Å²) in [6.45, 7) is 2.84. The number of rotatable bonds is 5. The zero-order chi connectivity index (χ0) is 21.4. The van der Waals surface area contributed by atoms with Crippen LogP contribution in [0.5, 0.6) is 23.0 Å². The molecule has 0 amide bonds. The molecule has 0 aliphatic carbocycles. The fraction of sp³-hybridized carbons (Fsp3) is 0.318. The quantitative estimate of drug-likeness (QED) is 0.435. The number of hydrogen-bond donors (Lipinski definition) is 4. The molecule has 0 atom stereocenters. The molecule has 9 heteroatoms. The number of anilines is 1. The van der Waals surface area contributed by atoms with E-state index in [0.717, 1.165) is 55.4 Å². The van der Waals surface area contributed by atoms with E-state index >= 15 is 0 Å². The van der Waals surface area contributed by atoms with Gasteiger partial charge in [-0.05, 0) is 52.5 Å². The largest absolute Gasteiger partial charge is 0.507 e. The van der Waals surface area contributed by atoms with Crippen LogP contribution < -0.4 is 19.7 Å². The molecule has 162 valence electrons. The first-order chi connectivity index (χ1) is 15.1. The molecule has 0 radical (unpaired) electrons. The molecule has 1 aromatic heterocycles. The molecule has 4 N–H and O–H groups in total. The van der Waals surface area contributed by atoms with E-state index in [0.29, 0.717) is 22.9 Å². The van der Waals surface area contributed by atoms with Crippen LogP contribution >= 0.6 is 15.9 Å². The number of aromatic nitrogens is 2. The van der Waals surface area contributed by atoms with Gasteiger partial charge in [-0.3, -0.25) is 5.10 Å². The molecule has 0 saturated carbocycles. The molecule has 2 aliphatic rings. The predicted molar refractivity (Wildman–Crippen MR) is 120 cm³/mol. The van der Waals surface area contributed by atoms with E-state index in [1.165, 1.54) is 11.6 Å². The van der Waals surface area contributed by atoms with Gasteiger partial charge in [-0.1, -0.05) is 6.07 Å². The molecule has 1 saturated heterocycles. The van der Waals surface area contributed by atoms with Gasteiger partial charge in [-0.25, -0.2) is 0 Å². The van der Waals surface area contributed by atoms with Crippen molar-refractivity contribution >= 4 is 21.6 Å². The van der Waals surface area contributed by atoms with Gasteiger partial charge in [0.15, 0.2) is 11.5 Å². The minimum atomic E-state index is -0.00309. The van der Waals surface area contributed by atoms with Gasteiger partial charge < -0.3 is 29.9 Å². The first-order valence-corrected chi connectivity index (χ1v) is 11.0. The third-order valence-corrected chi connectivity index (χ3v) is 6.46. The Morgan fingerprint density at radius 2 is 1.90 bits per heavy atom. The Morgan fingerprint density at radius 1 is 1.10 bits per heavy atom. The Bertz CT molecular complexity index is 1100. The number of nitrogens with zero attached hydrogens (tertiary/aromatic N) is 2. The highest BCUT2D eigenvalue weighted by Crippen LogP contribution is 2.40. The summed E-state index contributed by atoms with van der Waals surface area (Å²) in [5.74, 6) is 1.62. The van der Waals surface area contributed by atoms with Gasteiger partial charge in [-0.15, -0.1) is 0 Å². The van der Waals surface area contributed by atoms with Crippen molar-refractivity contribution in [2.75, 3.05) is 24.8 Å². The Hall–Kier alpha value is -2.91. The van der Waals surface area contributed by atoms with Crippen LogP contribution in [-0.2, 0) is 6.54 Å². The third-order valence-electron chi connectivity index (χ3n) is 5.82. The van der Waals surface area contributed by atoms with Crippen LogP contribution in [0.1, 0.15) is 18.4 Å². The number of phenols is 2. The van der Waals surface area contributed by atoms with Crippen LogP contribution in [0.3, 0.4) is 0 Å². The second-order valence-corrected chi connectivity index (χ2v) is 8.64. The van der Waals surface area contributed by atoms with E-state index in [1.807, 2.05) is 12.1 Å². The standard InChI is InChI=1S/C22H23BrN4O4/c23-16-8-15(18(28)9-19(16)29)22-17(11-25-26-22)27-5-3-14(4-6-27)24-10-13-1-2-20-21(7-13)31-12-30-20/h1-2,7-9,11,14,24,28-29H,3-6,10,12H2,(H,25,26). The van der Waals surface area contributed by atoms with E-state index in [2.05, 4.69) is 42.4 Å². The Labute approximate surface area is 187 Å². The maximum absolute atomic E-state index is 10.3. The van der Waals surface area contributed by atoms with Crippen LogP contribution in [0.4, 0.5) is 5.69 Å². The van der Waals surface area contributed by atoms with Crippen LogP contribution in [0.15, 0.2) is 41.0 Å². The third kappa shape index (κ3) is 4.03. The molecule has 31 heavy (non-hydrogen) atoms. The lowest BCUT2D eigenvalue weighted by molar-refractivity contribution is 0.174. The highest BCUT2D eigenvalue weighted by Gasteiger charge is 2.24. The second kappa shape index (κ2) is 8.32. The van der Waals surface area contributed by atoms with E-state index < -0.39 is 0 Å². The normalized spacial score (nSPS) is 16.1. The number of piperidine rings is 1. The minimum absolute atomic E-state index is 0.00309. The van der Waals surface area contributed by atoms with Crippen molar-refractivity contribution in [3.05, 3.63) is 46.6 Å². The lowest BCUT2D eigenvalue weighted by Crippen LogP contribution is -2.42. The van der Waals surface area contributed by atoms with Crippen LogP contribution in [0.2, 0.25) is 0 Å². The van der Waals surface area contributed by atoms with Gasteiger partial charge in [0, 0.05) is 37.3 Å². The highest BCUT2D eigenvalue weighted by molar-refractivity contribution is 9.10. The van der Waals surface area contributed by atoms with Gasteiger partial charge >= 0.3 is 0 Å². The van der Waals surface area contributed by atoms with Crippen molar-refractivity contribution in [2.24, 2.45) is 0 Å². The average Bonchev–Trinajstić information content (AvgIpc) is 3.44. The number of hydrogen-bond acceptors (Lipinski definition) is 7. The highest BCUT2D eigenvalue weighted by atomic mass is 79.9. The van der Waals surface area contributed by atoms with Gasteiger partial charge in [0.25, 0.3) is 0 Å². The van der Waals surface area contributed by atoms with Crippen molar-refractivity contribution in [1.82, 2.24) is 15.5 Å². The summed E-state index contributed by atoms with van der Waals surface area (Å²) in [7, 11) is 0. The number of aromatic hydroxyl groups is 2. The molecule has 3 heterocycles. The number of benzene rings is 2. The zero-order valence-electron chi connectivity index (χ0n) is 16.8. The molecule has 8 nitrogen and oxygen atoms in total. The molecule has 0 spiro atoms. The first-order valence-electron chi connectivity index (χ1n) is 10.2. The first kappa shape index (κ1) is 20.0. The number of ether oxygens (including phenoxy) is 2. The molecular formula is C22H23BrN4O4. The van der Waals surface area contributed by atoms with Gasteiger partial charge in [0.2, 0.25) is 6.79 Å². The maximum Gasteiger partial charge on any atom is 0.231 e. The molecule has 1 fully saturated rings. The molecular weight excluding hydrogens is 464 g/mol. The SMILES string of the molecule is Oc1cc(O)c(-c2[nH]ncc2N2CCC(NCc3ccc4c(c3)OCO4)CC2)cc1Br. The van der Waals surface area contributed by atoms with Gasteiger partial charge in [-0.2, -0.15) is 5.10 Å². The summed E-state index contributed by atoms with van der Waals surface area (Å²) in [6, 6.07) is 9.50. The summed E-state index contributed by atoms with van der Waals surface area (Å²) in [4.78, 5) is 2.28. The monoisotopic (exact) mass is 486 g/mol. The number of phenolic OH excluding ortho intramolecular Hbond substituents is 2. The molecule has 5 rings (SSSR count). The number of fused-ring (bicyclic) bond motifs is 1. The zero-order valence-corrected chi connectivity index (χ0v) is 18.4. The van der Waals surface area contributed by atoms with Crippen LogP contribution in [-0.4, -0.2) is 46.3 Å². The van der Waals surface area contributed by atoms with E-state index in [9.17, 15) is 10.2 Å². The summed E-state index contributed by atoms with van der Waals surface area (Å²) in [5, 5.41) is 30.9. The second-order valence-electron chi connectivity index (χ2n) is 7.78. The van der Waals surface area contributed by atoms with Crippen molar-refractivity contribution in [1.29, 1.82) is 0 Å². The molecule has 3 aromatic rings. The van der Waals surface area contributed by atoms with Crippen molar-refractivity contribution < 1.29 is 19.7 Å². The topological polar surface area (TPSA) is 103 Å². The molecule has 0 unspecified atom stereocenters. The predicted octanol–water partition coefficient (Wildman–Crippen LogP) is 3.74.